The smallest absolute Gasteiger partial charge is 0.0249 e. The van der Waals surface area contributed by atoms with Gasteiger partial charge in [-0.2, -0.15) is 0 Å². The van der Waals surface area contributed by atoms with Gasteiger partial charge in [-0.3, -0.25) is 0 Å². The van der Waals surface area contributed by atoms with Crippen LogP contribution in [0.5, 0.6) is 0 Å². The van der Waals surface area contributed by atoms with E-state index >= 15 is 0 Å². The average molecular weight is 368 g/mol. The number of benzene rings is 2. The standard InChI is InChI=1S/C19H13I/c20-19-13-11-18(12-14-19)17-9-7-16(8-10-17)6-5-15-3-1-2-4-15/h1-3,7-14H,4H2. The van der Waals surface area contributed by atoms with Gasteiger partial charge in [-0.1, -0.05) is 54.3 Å². The van der Waals surface area contributed by atoms with Crippen molar-refractivity contribution in [3.8, 4) is 23.0 Å². The van der Waals surface area contributed by atoms with Crippen LogP contribution in [0.3, 0.4) is 0 Å². The zero-order valence-corrected chi connectivity index (χ0v) is 13.1. The maximum Gasteiger partial charge on any atom is 0.0249 e. The van der Waals surface area contributed by atoms with E-state index in [1.807, 2.05) is 0 Å². The van der Waals surface area contributed by atoms with Crippen LogP contribution in [0.1, 0.15) is 12.0 Å². The summed E-state index contributed by atoms with van der Waals surface area (Å²) in [7, 11) is 0. The predicted octanol–water partition coefficient (Wildman–Crippen LogP) is 5.20. The lowest BCUT2D eigenvalue weighted by atomic mass is 10.0. The van der Waals surface area contributed by atoms with E-state index in [-0.39, 0.29) is 0 Å². The maximum atomic E-state index is 3.21. The maximum absolute atomic E-state index is 3.21. The van der Waals surface area contributed by atoms with Gasteiger partial charge in [0.2, 0.25) is 0 Å². The van der Waals surface area contributed by atoms with E-state index in [9.17, 15) is 0 Å². The monoisotopic (exact) mass is 368 g/mol. The fourth-order valence-electron chi connectivity index (χ4n) is 2.08. The van der Waals surface area contributed by atoms with Crippen molar-refractivity contribution in [3.05, 3.63) is 81.5 Å². The van der Waals surface area contributed by atoms with Gasteiger partial charge in [0.25, 0.3) is 0 Å². The summed E-state index contributed by atoms with van der Waals surface area (Å²) in [5.74, 6) is 6.43. The Labute approximate surface area is 133 Å². The fourth-order valence-corrected chi connectivity index (χ4v) is 2.44. The molecule has 0 radical (unpaired) electrons. The van der Waals surface area contributed by atoms with Crippen LogP contribution in [0.4, 0.5) is 0 Å². The first-order chi connectivity index (χ1) is 9.81. The van der Waals surface area contributed by atoms with Crippen molar-refractivity contribution in [3.63, 3.8) is 0 Å². The molecule has 0 spiro atoms. The molecule has 0 heterocycles. The second-order valence-corrected chi connectivity index (χ2v) is 5.90. The molecular weight excluding hydrogens is 355 g/mol. The zero-order chi connectivity index (χ0) is 13.8. The fraction of sp³-hybridized carbons (Fsp3) is 0.0526. The number of hydrogen-bond donors (Lipinski definition) is 0. The Morgan fingerprint density at radius 3 is 2.05 bits per heavy atom. The average Bonchev–Trinajstić information content (AvgIpc) is 3.00. The first-order valence-electron chi connectivity index (χ1n) is 6.55. The van der Waals surface area contributed by atoms with Crippen LogP contribution in [-0.4, -0.2) is 0 Å². The molecule has 0 atom stereocenters. The van der Waals surface area contributed by atoms with E-state index in [0.717, 1.165) is 12.0 Å². The molecule has 0 saturated carbocycles. The normalized spacial score (nSPS) is 12.8. The van der Waals surface area contributed by atoms with Gasteiger partial charge in [-0.15, -0.1) is 0 Å². The van der Waals surface area contributed by atoms with Gasteiger partial charge in [0.05, 0.1) is 0 Å². The molecule has 0 fully saturated rings. The summed E-state index contributed by atoms with van der Waals surface area (Å²) in [4.78, 5) is 0. The highest BCUT2D eigenvalue weighted by molar-refractivity contribution is 14.1. The molecule has 2 aromatic rings. The summed E-state index contributed by atoms with van der Waals surface area (Å²) in [5.41, 5.74) is 4.72. The number of rotatable bonds is 1. The predicted molar refractivity (Wildman–Crippen MR) is 93.3 cm³/mol. The molecule has 20 heavy (non-hydrogen) atoms. The molecule has 2 aromatic carbocycles. The molecule has 0 unspecified atom stereocenters. The van der Waals surface area contributed by atoms with E-state index in [4.69, 9.17) is 0 Å². The third-order valence-electron chi connectivity index (χ3n) is 3.20. The number of halogens is 1. The van der Waals surface area contributed by atoms with Gasteiger partial charge in [0, 0.05) is 14.7 Å². The summed E-state index contributed by atoms with van der Waals surface area (Å²) in [5, 5.41) is 0. The molecule has 1 aliphatic carbocycles. The Bertz CT molecular complexity index is 720. The SMILES string of the molecule is Ic1ccc(-c2ccc(C#CC3=CC=CC3)cc2)cc1. The van der Waals surface area contributed by atoms with Gasteiger partial charge in [-0.25, -0.2) is 0 Å². The van der Waals surface area contributed by atoms with Crippen LogP contribution >= 0.6 is 22.6 Å². The summed E-state index contributed by atoms with van der Waals surface area (Å²) in [6.07, 6.45) is 7.23. The summed E-state index contributed by atoms with van der Waals surface area (Å²) >= 11 is 2.32. The van der Waals surface area contributed by atoms with Crippen LogP contribution < -0.4 is 0 Å². The molecule has 96 valence electrons. The highest BCUT2D eigenvalue weighted by atomic mass is 127. The minimum atomic E-state index is 0.966. The van der Waals surface area contributed by atoms with Crippen LogP contribution in [0.25, 0.3) is 11.1 Å². The van der Waals surface area contributed by atoms with Crippen molar-refractivity contribution in [1.29, 1.82) is 0 Å². The van der Waals surface area contributed by atoms with E-state index in [1.54, 1.807) is 0 Å². The first kappa shape index (κ1) is 13.2. The molecule has 0 bridgehead atoms. The highest BCUT2D eigenvalue weighted by Gasteiger charge is 1.98. The van der Waals surface area contributed by atoms with Crippen LogP contribution in [-0.2, 0) is 0 Å². The largest absolute Gasteiger partial charge is 0.0794 e. The van der Waals surface area contributed by atoms with Gasteiger partial charge in [0.1, 0.15) is 0 Å². The van der Waals surface area contributed by atoms with E-state index < -0.39 is 0 Å². The molecule has 0 saturated heterocycles. The summed E-state index contributed by atoms with van der Waals surface area (Å²) in [6.45, 7) is 0. The Hall–Kier alpha value is -1.79. The summed E-state index contributed by atoms with van der Waals surface area (Å²) < 4.78 is 1.26. The Balaban J connectivity index is 1.79. The second-order valence-electron chi connectivity index (χ2n) is 4.66. The van der Waals surface area contributed by atoms with E-state index in [0.29, 0.717) is 0 Å². The minimum Gasteiger partial charge on any atom is -0.0794 e. The molecule has 0 nitrogen and oxygen atoms in total. The van der Waals surface area contributed by atoms with Crippen LogP contribution in [0.2, 0.25) is 0 Å². The molecule has 0 amide bonds. The molecule has 0 aliphatic heterocycles. The van der Waals surface area contributed by atoms with Crippen LogP contribution in [0.15, 0.2) is 72.3 Å². The van der Waals surface area contributed by atoms with Crippen molar-refractivity contribution in [1.82, 2.24) is 0 Å². The highest BCUT2D eigenvalue weighted by Crippen LogP contribution is 2.20. The lowest BCUT2D eigenvalue weighted by Gasteiger charge is -2.01. The molecule has 1 heteroatoms. The topological polar surface area (TPSA) is 0 Å². The molecule has 3 rings (SSSR count). The van der Waals surface area contributed by atoms with Gasteiger partial charge in [-0.05, 0) is 64.4 Å². The Morgan fingerprint density at radius 2 is 1.45 bits per heavy atom. The number of allylic oxidation sites excluding steroid dienone is 4. The van der Waals surface area contributed by atoms with Crippen LogP contribution in [0, 0.1) is 15.4 Å². The van der Waals surface area contributed by atoms with Crippen molar-refractivity contribution >= 4 is 22.6 Å². The second kappa shape index (κ2) is 6.11. The molecule has 0 aromatic heterocycles. The Kier molecular flexibility index (Phi) is 4.03. The quantitative estimate of drug-likeness (QED) is 0.480. The van der Waals surface area contributed by atoms with Crippen molar-refractivity contribution in [2.45, 2.75) is 6.42 Å². The minimum absolute atomic E-state index is 0.966. The number of hydrogen-bond acceptors (Lipinski definition) is 0. The molecule has 1 aliphatic rings. The lowest BCUT2D eigenvalue weighted by molar-refractivity contribution is 1.36. The van der Waals surface area contributed by atoms with Gasteiger partial charge < -0.3 is 0 Å². The van der Waals surface area contributed by atoms with E-state index in [1.165, 1.54) is 20.3 Å². The van der Waals surface area contributed by atoms with Gasteiger partial charge >= 0.3 is 0 Å². The van der Waals surface area contributed by atoms with Crippen molar-refractivity contribution in [2.24, 2.45) is 0 Å². The molecule has 0 N–H and O–H groups in total. The van der Waals surface area contributed by atoms with Crippen molar-refractivity contribution < 1.29 is 0 Å². The summed E-state index contributed by atoms with van der Waals surface area (Å²) in [6, 6.07) is 17.0. The third-order valence-corrected chi connectivity index (χ3v) is 3.92. The lowest BCUT2D eigenvalue weighted by Crippen LogP contribution is -1.80. The Morgan fingerprint density at radius 1 is 0.800 bits per heavy atom. The first-order valence-corrected chi connectivity index (χ1v) is 7.63. The zero-order valence-electron chi connectivity index (χ0n) is 10.9. The van der Waals surface area contributed by atoms with E-state index in [2.05, 4.69) is 101 Å². The van der Waals surface area contributed by atoms with Gasteiger partial charge in [0.15, 0.2) is 0 Å². The molecular formula is C19H13I. The third kappa shape index (κ3) is 3.20. The van der Waals surface area contributed by atoms with Crippen molar-refractivity contribution in [2.75, 3.05) is 0 Å².